The third-order valence-corrected chi connectivity index (χ3v) is 3.85. The largest absolute Gasteiger partial charge is 0.467 e. The highest BCUT2D eigenvalue weighted by Gasteiger charge is 2.21. The molecule has 1 N–H and O–H groups in total. The summed E-state index contributed by atoms with van der Waals surface area (Å²) in [4.78, 5) is 6.77. The molecule has 1 fully saturated rings. The molecule has 6 nitrogen and oxygen atoms in total. The standard InChI is InChI=1S/C18H31N3O3/c1-3-19-18(21(2)10-13-23-14-16-7-8-16)20-9-5-11-22-15-17-6-4-12-24-17/h4,6,12,16H,3,5,7-11,13-15H2,1-2H3,(H,19,20). The minimum atomic E-state index is 0.523. The summed E-state index contributed by atoms with van der Waals surface area (Å²) in [6, 6.07) is 3.79. The summed E-state index contributed by atoms with van der Waals surface area (Å²) < 4.78 is 16.5. The van der Waals surface area contributed by atoms with Crippen molar-refractivity contribution >= 4 is 5.96 Å². The predicted octanol–water partition coefficient (Wildman–Crippen LogP) is 2.51. The molecule has 1 saturated carbocycles. The lowest BCUT2D eigenvalue weighted by molar-refractivity contribution is 0.105. The Hall–Kier alpha value is -1.53. The molecule has 0 aliphatic heterocycles. The van der Waals surface area contributed by atoms with Gasteiger partial charge in [0.2, 0.25) is 0 Å². The molecule has 0 radical (unpaired) electrons. The van der Waals surface area contributed by atoms with Crippen molar-refractivity contribution in [3.8, 4) is 0 Å². The fourth-order valence-electron chi connectivity index (χ4n) is 2.23. The van der Waals surface area contributed by atoms with E-state index in [9.17, 15) is 0 Å². The lowest BCUT2D eigenvalue weighted by Gasteiger charge is -2.22. The molecule has 1 aromatic heterocycles. The summed E-state index contributed by atoms with van der Waals surface area (Å²) in [5.74, 6) is 2.61. The average Bonchev–Trinajstić information content (AvgIpc) is 3.27. The molecule has 1 aliphatic carbocycles. The van der Waals surface area contributed by atoms with Crippen LogP contribution in [0.25, 0.3) is 0 Å². The van der Waals surface area contributed by atoms with Crippen molar-refractivity contribution in [3.05, 3.63) is 24.2 Å². The Balaban J connectivity index is 1.57. The maximum Gasteiger partial charge on any atom is 0.193 e. The molecule has 0 amide bonds. The van der Waals surface area contributed by atoms with Crippen LogP contribution in [0.5, 0.6) is 0 Å². The van der Waals surface area contributed by atoms with Gasteiger partial charge in [0.05, 0.1) is 12.9 Å². The number of nitrogens with one attached hydrogen (secondary N) is 1. The minimum Gasteiger partial charge on any atom is -0.467 e. The average molecular weight is 337 g/mol. The van der Waals surface area contributed by atoms with Gasteiger partial charge in [-0.1, -0.05) is 0 Å². The van der Waals surface area contributed by atoms with Crippen LogP contribution in [0.3, 0.4) is 0 Å². The molecule has 0 unspecified atom stereocenters. The summed E-state index contributed by atoms with van der Waals surface area (Å²) in [6.45, 7) is 7.41. The second kappa shape index (κ2) is 11.1. The Kier molecular flexibility index (Phi) is 8.70. The summed E-state index contributed by atoms with van der Waals surface area (Å²) in [7, 11) is 2.05. The molecule has 1 aliphatic rings. The fourth-order valence-corrected chi connectivity index (χ4v) is 2.23. The van der Waals surface area contributed by atoms with Crippen LogP contribution >= 0.6 is 0 Å². The van der Waals surface area contributed by atoms with Crippen LogP contribution in [0.15, 0.2) is 27.8 Å². The minimum absolute atomic E-state index is 0.523. The summed E-state index contributed by atoms with van der Waals surface area (Å²) in [6.07, 6.45) is 5.22. The molecular weight excluding hydrogens is 306 g/mol. The zero-order valence-electron chi connectivity index (χ0n) is 15.0. The van der Waals surface area contributed by atoms with E-state index in [1.807, 2.05) is 12.1 Å². The summed E-state index contributed by atoms with van der Waals surface area (Å²) >= 11 is 0. The van der Waals surface area contributed by atoms with Crippen molar-refractivity contribution in [1.29, 1.82) is 0 Å². The van der Waals surface area contributed by atoms with Gasteiger partial charge in [-0.05, 0) is 44.2 Å². The molecule has 0 spiro atoms. The van der Waals surface area contributed by atoms with E-state index in [2.05, 4.69) is 29.2 Å². The second-order valence-corrected chi connectivity index (χ2v) is 6.16. The molecule has 1 heterocycles. The number of guanidine groups is 1. The monoisotopic (exact) mass is 337 g/mol. The zero-order valence-corrected chi connectivity index (χ0v) is 15.0. The Morgan fingerprint density at radius 3 is 2.96 bits per heavy atom. The predicted molar refractivity (Wildman–Crippen MR) is 95.1 cm³/mol. The number of likely N-dealkylation sites (N-methyl/N-ethyl adjacent to an activating group) is 1. The first-order valence-corrected chi connectivity index (χ1v) is 8.97. The Labute approximate surface area is 145 Å². The van der Waals surface area contributed by atoms with Gasteiger partial charge >= 0.3 is 0 Å². The first-order valence-electron chi connectivity index (χ1n) is 8.97. The van der Waals surface area contributed by atoms with Gasteiger partial charge in [-0.25, -0.2) is 0 Å². The third kappa shape index (κ3) is 7.84. The quantitative estimate of drug-likeness (QED) is 0.361. The number of hydrogen-bond acceptors (Lipinski definition) is 4. The van der Waals surface area contributed by atoms with E-state index in [0.717, 1.165) is 56.9 Å². The first-order chi connectivity index (χ1) is 11.8. The van der Waals surface area contributed by atoms with Crippen molar-refractivity contribution in [2.24, 2.45) is 10.9 Å². The Bertz CT molecular complexity index is 458. The lowest BCUT2D eigenvalue weighted by Crippen LogP contribution is -2.40. The molecule has 24 heavy (non-hydrogen) atoms. The van der Waals surface area contributed by atoms with Crippen LogP contribution in [-0.4, -0.2) is 57.4 Å². The SMILES string of the molecule is CCNC(=NCCCOCc1ccco1)N(C)CCOCC1CC1. The highest BCUT2D eigenvalue weighted by Crippen LogP contribution is 2.28. The topological polar surface area (TPSA) is 59.2 Å². The van der Waals surface area contributed by atoms with Gasteiger partial charge in [0.25, 0.3) is 0 Å². The van der Waals surface area contributed by atoms with Gasteiger partial charge < -0.3 is 24.1 Å². The highest BCUT2D eigenvalue weighted by molar-refractivity contribution is 5.79. The van der Waals surface area contributed by atoms with E-state index in [-0.39, 0.29) is 0 Å². The molecule has 1 aromatic rings. The number of furan rings is 1. The zero-order chi connectivity index (χ0) is 17.0. The number of nitrogens with zero attached hydrogens (tertiary/aromatic N) is 2. The number of aliphatic imine (C=N–C) groups is 1. The third-order valence-electron chi connectivity index (χ3n) is 3.85. The van der Waals surface area contributed by atoms with E-state index >= 15 is 0 Å². The first kappa shape index (κ1) is 18.8. The smallest absolute Gasteiger partial charge is 0.193 e. The van der Waals surface area contributed by atoms with Gasteiger partial charge in [0.1, 0.15) is 12.4 Å². The van der Waals surface area contributed by atoms with E-state index < -0.39 is 0 Å². The van der Waals surface area contributed by atoms with E-state index in [1.165, 1.54) is 12.8 Å². The van der Waals surface area contributed by atoms with Crippen molar-refractivity contribution in [2.45, 2.75) is 32.8 Å². The molecule has 2 rings (SSSR count). The fraction of sp³-hybridized carbons (Fsp3) is 0.722. The Morgan fingerprint density at radius 2 is 2.25 bits per heavy atom. The molecule has 0 aromatic carbocycles. The van der Waals surface area contributed by atoms with Crippen LogP contribution in [0.1, 0.15) is 31.9 Å². The van der Waals surface area contributed by atoms with Gasteiger partial charge in [-0.15, -0.1) is 0 Å². The van der Waals surface area contributed by atoms with Crippen molar-refractivity contribution in [2.75, 3.05) is 46.5 Å². The van der Waals surface area contributed by atoms with E-state index in [4.69, 9.17) is 13.9 Å². The molecule has 136 valence electrons. The second-order valence-electron chi connectivity index (χ2n) is 6.16. The maximum atomic E-state index is 5.70. The summed E-state index contributed by atoms with van der Waals surface area (Å²) in [5, 5.41) is 3.32. The molecule has 6 heteroatoms. The normalized spacial score (nSPS) is 14.8. The van der Waals surface area contributed by atoms with Crippen LogP contribution < -0.4 is 5.32 Å². The van der Waals surface area contributed by atoms with Gasteiger partial charge in [-0.2, -0.15) is 0 Å². The van der Waals surface area contributed by atoms with Crippen molar-refractivity contribution < 1.29 is 13.9 Å². The maximum absolute atomic E-state index is 5.70. The van der Waals surface area contributed by atoms with Crippen LogP contribution in [-0.2, 0) is 16.1 Å². The summed E-state index contributed by atoms with van der Waals surface area (Å²) in [5.41, 5.74) is 0. The van der Waals surface area contributed by atoms with Gasteiger partial charge in [0.15, 0.2) is 5.96 Å². The van der Waals surface area contributed by atoms with Crippen LogP contribution in [0.2, 0.25) is 0 Å². The molecule has 0 bridgehead atoms. The molecular formula is C18H31N3O3. The van der Waals surface area contributed by atoms with Crippen molar-refractivity contribution in [1.82, 2.24) is 10.2 Å². The van der Waals surface area contributed by atoms with E-state index in [0.29, 0.717) is 13.2 Å². The molecule has 0 saturated heterocycles. The highest BCUT2D eigenvalue weighted by atomic mass is 16.5. The number of ether oxygens (including phenoxy) is 2. The van der Waals surface area contributed by atoms with Gasteiger partial charge in [-0.3, -0.25) is 4.99 Å². The lowest BCUT2D eigenvalue weighted by atomic mass is 10.4. The van der Waals surface area contributed by atoms with Crippen molar-refractivity contribution in [3.63, 3.8) is 0 Å². The molecule has 0 atom stereocenters. The number of hydrogen-bond donors (Lipinski definition) is 1. The van der Waals surface area contributed by atoms with Gasteiger partial charge in [0, 0.05) is 39.9 Å². The Morgan fingerprint density at radius 1 is 1.38 bits per heavy atom. The van der Waals surface area contributed by atoms with Crippen LogP contribution in [0, 0.1) is 5.92 Å². The van der Waals surface area contributed by atoms with Crippen LogP contribution in [0.4, 0.5) is 0 Å². The van der Waals surface area contributed by atoms with E-state index in [1.54, 1.807) is 6.26 Å². The number of rotatable bonds is 12.